The van der Waals surface area contributed by atoms with Crippen molar-refractivity contribution < 1.29 is 4.79 Å². The summed E-state index contributed by atoms with van der Waals surface area (Å²) in [7, 11) is 0. The molecule has 0 saturated heterocycles. The van der Waals surface area contributed by atoms with E-state index in [1.54, 1.807) is 0 Å². The van der Waals surface area contributed by atoms with Crippen LogP contribution in [0.2, 0.25) is 0 Å². The third kappa shape index (κ3) is 4.96. The van der Waals surface area contributed by atoms with Gasteiger partial charge in [-0.15, -0.1) is 0 Å². The van der Waals surface area contributed by atoms with Crippen LogP contribution in [0.15, 0.2) is 41.4 Å². The van der Waals surface area contributed by atoms with Crippen molar-refractivity contribution >= 4 is 18.1 Å². The summed E-state index contributed by atoms with van der Waals surface area (Å²) in [5, 5.41) is 0. The van der Waals surface area contributed by atoms with E-state index in [4.69, 9.17) is 0 Å². The molecule has 2 atom stereocenters. The van der Waals surface area contributed by atoms with Crippen molar-refractivity contribution in [3.8, 4) is 0 Å². The lowest BCUT2D eigenvalue weighted by atomic mass is 9.83. The summed E-state index contributed by atoms with van der Waals surface area (Å²) < 4.78 is 0. The van der Waals surface area contributed by atoms with Gasteiger partial charge in [0.1, 0.15) is 12.3 Å². The molecule has 2 nitrogen and oxygen atoms in total. The Morgan fingerprint density at radius 2 is 2.14 bits per heavy atom. The number of rotatable bonds is 7. The molecule has 0 N–H and O–H groups in total. The summed E-state index contributed by atoms with van der Waals surface area (Å²) >= 11 is 0. The van der Waals surface area contributed by atoms with Gasteiger partial charge in [-0.2, -0.15) is 0 Å². The van der Waals surface area contributed by atoms with Crippen LogP contribution >= 0.6 is 0 Å². The Hall–Kier alpha value is -1.70. The van der Waals surface area contributed by atoms with Crippen molar-refractivity contribution in [1.29, 1.82) is 0 Å². The van der Waals surface area contributed by atoms with Gasteiger partial charge in [0, 0.05) is 0 Å². The third-order valence-corrected chi connectivity index (χ3v) is 4.11. The summed E-state index contributed by atoms with van der Waals surface area (Å²) in [6.07, 6.45) is 11.5. The molecule has 0 amide bonds. The standard InChI is InChI=1S/C19H25NO/c1-2-3-13-20-19(15-21)14-16-9-11-18(12-10-16)17-7-5-4-6-8-17/h4-8,11,13,15-16,19H,2-3,9-10,12,14H2,1H3. The minimum absolute atomic E-state index is 0.145. The number of allylic oxidation sites excluding steroid dienone is 2. The lowest BCUT2D eigenvalue weighted by Crippen LogP contribution is -2.15. The number of aldehydes is 1. The van der Waals surface area contributed by atoms with Crippen LogP contribution in [-0.4, -0.2) is 18.5 Å². The summed E-state index contributed by atoms with van der Waals surface area (Å²) in [6, 6.07) is 10.4. The van der Waals surface area contributed by atoms with Crippen molar-refractivity contribution in [3.05, 3.63) is 42.0 Å². The second-order valence-corrected chi connectivity index (χ2v) is 5.80. The van der Waals surface area contributed by atoms with Crippen molar-refractivity contribution in [2.75, 3.05) is 0 Å². The van der Waals surface area contributed by atoms with Crippen molar-refractivity contribution in [3.63, 3.8) is 0 Å². The van der Waals surface area contributed by atoms with Crippen LogP contribution in [-0.2, 0) is 4.79 Å². The molecule has 1 aromatic rings. The SMILES string of the molecule is CCCC=NC(C=O)CC1CC=C(c2ccccc2)CC1. The van der Waals surface area contributed by atoms with Gasteiger partial charge in [0.15, 0.2) is 0 Å². The van der Waals surface area contributed by atoms with Crippen LogP contribution in [0, 0.1) is 5.92 Å². The highest BCUT2D eigenvalue weighted by atomic mass is 16.1. The first-order chi connectivity index (χ1) is 10.3. The molecule has 0 radical (unpaired) electrons. The number of hydrogen-bond acceptors (Lipinski definition) is 2. The summed E-state index contributed by atoms with van der Waals surface area (Å²) in [6.45, 7) is 2.12. The number of unbranched alkanes of at least 4 members (excludes halogenated alkanes) is 1. The maximum absolute atomic E-state index is 11.1. The highest BCUT2D eigenvalue weighted by Crippen LogP contribution is 2.32. The Labute approximate surface area is 128 Å². The molecule has 2 unspecified atom stereocenters. The van der Waals surface area contributed by atoms with Gasteiger partial charge >= 0.3 is 0 Å². The lowest BCUT2D eigenvalue weighted by molar-refractivity contribution is -0.109. The van der Waals surface area contributed by atoms with E-state index < -0.39 is 0 Å². The summed E-state index contributed by atoms with van der Waals surface area (Å²) in [5.74, 6) is 0.589. The minimum atomic E-state index is -0.145. The Kier molecular flexibility index (Phi) is 6.39. The Morgan fingerprint density at radius 3 is 2.76 bits per heavy atom. The van der Waals surface area contributed by atoms with E-state index in [1.165, 1.54) is 11.1 Å². The van der Waals surface area contributed by atoms with Crippen LogP contribution in [0.1, 0.15) is 51.0 Å². The van der Waals surface area contributed by atoms with Crippen LogP contribution in [0.3, 0.4) is 0 Å². The number of nitrogens with zero attached hydrogens (tertiary/aromatic N) is 1. The van der Waals surface area contributed by atoms with E-state index in [0.717, 1.165) is 44.8 Å². The largest absolute Gasteiger partial charge is 0.301 e. The minimum Gasteiger partial charge on any atom is -0.301 e. The molecule has 0 bridgehead atoms. The lowest BCUT2D eigenvalue weighted by Gasteiger charge is -2.23. The van der Waals surface area contributed by atoms with Crippen LogP contribution in [0.4, 0.5) is 0 Å². The molecule has 1 aromatic carbocycles. The van der Waals surface area contributed by atoms with Crippen molar-refractivity contribution in [2.24, 2.45) is 10.9 Å². The molecule has 0 heterocycles. The fourth-order valence-corrected chi connectivity index (χ4v) is 2.85. The van der Waals surface area contributed by atoms with Gasteiger partial charge in [-0.3, -0.25) is 4.99 Å². The topological polar surface area (TPSA) is 29.4 Å². The number of benzene rings is 1. The van der Waals surface area contributed by atoms with Gasteiger partial charge in [-0.1, -0.05) is 49.8 Å². The Morgan fingerprint density at radius 1 is 1.33 bits per heavy atom. The molecule has 2 rings (SSSR count). The van der Waals surface area contributed by atoms with E-state index in [-0.39, 0.29) is 6.04 Å². The summed E-state index contributed by atoms with van der Waals surface area (Å²) in [4.78, 5) is 15.5. The Balaban J connectivity index is 1.88. The maximum Gasteiger partial charge on any atom is 0.144 e. The number of aliphatic imine (C=N–C) groups is 1. The van der Waals surface area contributed by atoms with Gasteiger partial charge in [0.05, 0.1) is 0 Å². The molecule has 0 aromatic heterocycles. The number of carbonyl (C=O) groups excluding carboxylic acids is 1. The normalized spacial score (nSPS) is 20.2. The molecule has 2 heteroatoms. The average molecular weight is 283 g/mol. The van der Waals surface area contributed by atoms with E-state index in [1.807, 2.05) is 6.21 Å². The predicted molar refractivity (Wildman–Crippen MR) is 89.6 cm³/mol. The first kappa shape index (κ1) is 15.7. The highest BCUT2D eigenvalue weighted by Gasteiger charge is 2.18. The molecule has 112 valence electrons. The highest BCUT2D eigenvalue weighted by molar-refractivity contribution is 5.67. The smallest absolute Gasteiger partial charge is 0.144 e. The zero-order valence-corrected chi connectivity index (χ0v) is 12.9. The van der Waals surface area contributed by atoms with E-state index >= 15 is 0 Å². The Bertz CT molecular complexity index is 490. The molecule has 21 heavy (non-hydrogen) atoms. The van der Waals surface area contributed by atoms with Gasteiger partial charge in [0.2, 0.25) is 0 Å². The fourth-order valence-electron chi connectivity index (χ4n) is 2.85. The molecular weight excluding hydrogens is 258 g/mol. The van der Waals surface area contributed by atoms with Gasteiger partial charge < -0.3 is 4.79 Å². The first-order valence-electron chi connectivity index (χ1n) is 8.04. The second kappa shape index (κ2) is 8.56. The second-order valence-electron chi connectivity index (χ2n) is 5.80. The van der Waals surface area contributed by atoms with Gasteiger partial charge in [0.25, 0.3) is 0 Å². The van der Waals surface area contributed by atoms with E-state index in [2.05, 4.69) is 48.3 Å². The van der Waals surface area contributed by atoms with Gasteiger partial charge in [-0.05, 0) is 55.4 Å². The zero-order valence-electron chi connectivity index (χ0n) is 12.9. The van der Waals surface area contributed by atoms with Crippen LogP contribution in [0.5, 0.6) is 0 Å². The fraction of sp³-hybridized carbons (Fsp3) is 0.474. The van der Waals surface area contributed by atoms with E-state index in [0.29, 0.717) is 5.92 Å². The molecular formula is C19H25NO. The number of hydrogen-bond donors (Lipinski definition) is 0. The molecule has 1 aliphatic rings. The van der Waals surface area contributed by atoms with Crippen molar-refractivity contribution in [1.82, 2.24) is 0 Å². The quantitative estimate of drug-likeness (QED) is 0.527. The molecule has 0 fully saturated rings. The summed E-state index contributed by atoms with van der Waals surface area (Å²) in [5.41, 5.74) is 2.79. The molecule has 0 spiro atoms. The van der Waals surface area contributed by atoms with Crippen molar-refractivity contribution in [2.45, 2.75) is 51.5 Å². The van der Waals surface area contributed by atoms with E-state index in [9.17, 15) is 4.79 Å². The average Bonchev–Trinajstić information content (AvgIpc) is 2.55. The third-order valence-electron chi connectivity index (χ3n) is 4.11. The molecule has 1 aliphatic carbocycles. The molecule has 0 saturated carbocycles. The number of carbonyl (C=O) groups is 1. The predicted octanol–water partition coefficient (Wildman–Crippen LogP) is 4.70. The molecule has 0 aliphatic heterocycles. The monoisotopic (exact) mass is 283 g/mol. The first-order valence-corrected chi connectivity index (χ1v) is 8.04. The zero-order chi connectivity index (χ0) is 14.9. The maximum atomic E-state index is 11.1. The van der Waals surface area contributed by atoms with Gasteiger partial charge in [-0.25, -0.2) is 0 Å². The van der Waals surface area contributed by atoms with Crippen LogP contribution < -0.4 is 0 Å². The van der Waals surface area contributed by atoms with Crippen LogP contribution in [0.25, 0.3) is 5.57 Å².